The predicted octanol–water partition coefficient (Wildman–Crippen LogP) is 7.49. The maximum absolute atomic E-state index is 17.6. The first-order valence-corrected chi connectivity index (χ1v) is 23.3. The van der Waals surface area contributed by atoms with Gasteiger partial charge in [-0.05, 0) is 137 Å². The molecule has 0 radical (unpaired) electrons. The van der Waals surface area contributed by atoms with Crippen LogP contribution in [0.1, 0.15) is 113 Å². The van der Waals surface area contributed by atoms with Gasteiger partial charge in [-0.1, -0.05) is 52.3 Å². The van der Waals surface area contributed by atoms with Crippen molar-refractivity contribution in [3.63, 3.8) is 0 Å². The average molecular weight is 915 g/mol. The molecule has 0 aromatic heterocycles. The van der Waals surface area contributed by atoms with Crippen molar-refractivity contribution in [3.05, 3.63) is 47.6 Å². The molecule has 7 fully saturated rings. The van der Waals surface area contributed by atoms with Crippen LogP contribution < -0.4 is 0 Å². The molecule has 4 N–H and O–H groups in total. The molecule has 0 bridgehead atoms. The molecule has 344 valence electrons. The lowest BCUT2D eigenvalue weighted by Crippen LogP contribution is -2.76. The van der Waals surface area contributed by atoms with Crippen molar-refractivity contribution in [2.24, 2.45) is 51.2 Å². The highest BCUT2D eigenvalue weighted by Crippen LogP contribution is 2.77. The molecule has 0 amide bonds. The molecule has 1 saturated heterocycles. The molecule has 1 spiro atoms. The zero-order chi connectivity index (χ0) is 46.3. The number of hydrogen-bond acceptors (Lipinski definition) is 11. The predicted molar refractivity (Wildman–Crippen MR) is 234 cm³/mol. The summed E-state index contributed by atoms with van der Waals surface area (Å²) in [5.74, 6) is -3.14. The van der Waals surface area contributed by atoms with Crippen molar-refractivity contribution in [2.75, 3.05) is 6.61 Å². The monoisotopic (exact) mass is 914 g/mol. The third kappa shape index (κ3) is 5.61. The molecule has 6 saturated carbocycles. The van der Waals surface area contributed by atoms with Gasteiger partial charge >= 0.3 is 11.9 Å². The summed E-state index contributed by atoms with van der Waals surface area (Å²) >= 11 is 10.5. The highest BCUT2D eigenvalue weighted by molar-refractivity contribution is 7.80. The number of hydrogen-bond donors (Lipinski definition) is 4. The lowest BCUT2D eigenvalue weighted by Gasteiger charge is -2.66. The van der Waals surface area contributed by atoms with Crippen molar-refractivity contribution < 1.29 is 62.6 Å². The summed E-state index contributed by atoms with van der Waals surface area (Å²) in [4.78, 5) is 48.7. The summed E-state index contributed by atoms with van der Waals surface area (Å²) < 4.78 is 51.5. The number of aliphatic hydroxyl groups excluding tert-OH is 3. The average Bonchev–Trinajstić information content (AvgIpc) is 3.82. The Morgan fingerprint density at radius 2 is 1.48 bits per heavy atom. The molecule has 2 unspecified atom stereocenters. The molecule has 9 rings (SSSR count). The number of halogens is 2. The number of aliphatic hydroxyl groups is 4. The van der Waals surface area contributed by atoms with Gasteiger partial charge in [0.1, 0.15) is 17.4 Å². The molecule has 63 heavy (non-hydrogen) atoms. The minimum atomic E-state index is -2.54. The van der Waals surface area contributed by atoms with E-state index in [0.717, 1.165) is 25.3 Å². The molecule has 8 aliphatic carbocycles. The molecule has 9 aliphatic rings. The van der Waals surface area contributed by atoms with Gasteiger partial charge < -0.3 is 34.6 Å². The maximum atomic E-state index is 17.6. The number of carbonyl (C=O) groups is 4. The van der Waals surface area contributed by atoms with Crippen molar-refractivity contribution >= 4 is 58.0 Å². The van der Waals surface area contributed by atoms with Crippen LogP contribution in [0, 0.1) is 51.2 Å². The van der Waals surface area contributed by atoms with Crippen molar-refractivity contribution in [1.29, 1.82) is 0 Å². The Balaban J connectivity index is 0.000000175. The van der Waals surface area contributed by atoms with Crippen molar-refractivity contribution in [3.8, 4) is 0 Å². The largest absolute Gasteiger partial charge is 0.499 e. The second-order valence-electron chi connectivity index (χ2n) is 20.8. The first kappa shape index (κ1) is 46.3. The Bertz CT molecular complexity index is 2210. The van der Waals surface area contributed by atoms with Gasteiger partial charge in [0.2, 0.25) is 10.1 Å². The number of fused-ring (bicyclic) bond motifs is 8. The highest BCUT2D eigenvalue weighted by Gasteiger charge is 2.83. The van der Waals surface area contributed by atoms with Crippen LogP contribution in [-0.4, -0.2) is 101 Å². The number of ether oxygens (including phenoxy) is 3. The second-order valence-corrected chi connectivity index (χ2v) is 21.6. The molecule has 15 heteroatoms. The van der Waals surface area contributed by atoms with Gasteiger partial charge in [0.25, 0.3) is 0 Å². The molecular weight excluding hydrogens is 855 g/mol. The molecule has 1 aliphatic heterocycles. The van der Waals surface area contributed by atoms with Gasteiger partial charge in [-0.3, -0.25) is 19.2 Å². The number of rotatable bonds is 7. The lowest BCUT2D eigenvalue weighted by molar-refractivity contribution is -0.276. The number of allylic oxidation sites excluding steroid dienone is 6. The number of carbonyl (C=O) groups excluding carboxylic acids is 4. The molecule has 0 aromatic rings. The van der Waals surface area contributed by atoms with Crippen LogP contribution in [0.5, 0.6) is 0 Å². The standard InChI is InChI=1S/C25H32F2O6S.C23H28O5S/c1-5-19(30)33-24(20(31)34)13(2)8-15-16-10-18(26)17-9-14(29)6-7-21(17,3)25(16,27)23(32,12-28)11-22(15,24)4;1-4-18(25)28-22(19(26)29)10-8-15-16-6-5-13-11-14(24)7-9-20(13,2)23(16)17(27-23)12-21(15,22)3/h6-7,9,13,15-16,18,28,32H,5,8,10-12H2,1-4H3,(H,31,34);7,9,11,15-17H,4-6,8,10,12H2,1-3H3,(H,26,29)/t13-,15?,16?,18+,21+,22+,23-,24+,25-;15-,16-,17-,20-,21-,22-,23+/m10/s1. The topological polar surface area (TPSA) is 180 Å². The quantitative estimate of drug-likeness (QED) is 0.112. The first-order valence-electron chi connectivity index (χ1n) is 22.5. The zero-order valence-electron chi connectivity index (χ0n) is 37.0. The fraction of sp³-hybridized carbons (Fsp3) is 0.708. The molecule has 0 aromatic carbocycles. The van der Waals surface area contributed by atoms with Gasteiger partial charge in [0.15, 0.2) is 28.4 Å². The number of ketones is 2. The van der Waals surface area contributed by atoms with Gasteiger partial charge in [0, 0.05) is 46.3 Å². The van der Waals surface area contributed by atoms with E-state index in [1.807, 2.05) is 0 Å². The van der Waals surface area contributed by atoms with Crippen molar-refractivity contribution in [2.45, 2.75) is 153 Å². The van der Waals surface area contributed by atoms with E-state index in [9.17, 15) is 39.6 Å². The Morgan fingerprint density at radius 1 is 0.857 bits per heavy atom. The van der Waals surface area contributed by atoms with Gasteiger partial charge in [-0.2, -0.15) is 0 Å². The number of epoxide rings is 1. The third-order valence-electron chi connectivity index (χ3n) is 18.5. The lowest BCUT2D eigenvalue weighted by atomic mass is 9.41. The minimum Gasteiger partial charge on any atom is -0.499 e. The van der Waals surface area contributed by atoms with Gasteiger partial charge in [-0.15, -0.1) is 0 Å². The van der Waals surface area contributed by atoms with Crippen LogP contribution in [0.2, 0.25) is 0 Å². The summed E-state index contributed by atoms with van der Waals surface area (Å²) in [6.07, 6.45) is 11.1. The Morgan fingerprint density at radius 3 is 2.08 bits per heavy atom. The SMILES string of the molecule is CCC(=O)O[C@]1(C(O)=S)CC[C@H]2[C@@H]3CCC4=CC(=O)C=C[C@]4(C)[C@@]34O[C@H]4C[C@@]21C.CCC(=O)O[C@]1(C(O)=S)[C@H](C)CC2C3C[C@H](F)C4=CC(=O)C=C[C@]4(C)[C@@]3(F)[C@](O)(CO)C[C@@]21C. The van der Waals surface area contributed by atoms with Crippen LogP contribution in [0.25, 0.3) is 0 Å². The van der Waals surface area contributed by atoms with Crippen LogP contribution in [0.4, 0.5) is 8.78 Å². The highest BCUT2D eigenvalue weighted by atomic mass is 32.1. The Hall–Kier alpha value is -3.24. The fourth-order valence-corrected chi connectivity index (χ4v) is 16.3. The van der Waals surface area contributed by atoms with E-state index in [2.05, 4.69) is 19.9 Å². The summed E-state index contributed by atoms with van der Waals surface area (Å²) in [6.45, 7) is 11.5. The van der Waals surface area contributed by atoms with Crippen LogP contribution in [0.15, 0.2) is 47.6 Å². The van der Waals surface area contributed by atoms with E-state index in [0.29, 0.717) is 12.8 Å². The Kier molecular flexibility index (Phi) is 10.8. The zero-order valence-corrected chi connectivity index (χ0v) is 38.6. The van der Waals surface area contributed by atoms with Crippen LogP contribution >= 0.6 is 24.4 Å². The van der Waals surface area contributed by atoms with Crippen molar-refractivity contribution in [1.82, 2.24) is 0 Å². The number of esters is 2. The summed E-state index contributed by atoms with van der Waals surface area (Å²) in [5, 5.41) is 42.8. The van der Waals surface area contributed by atoms with Crippen LogP contribution in [0.3, 0.4) is 0 Å². The van der Waals surface area contributed by atoms with E-state index in [1.54, 1.807) is 39.8 Å². The number of thiocarbonyl (C=S) groups is 2. The van der Waals surface area contributed by atoms with E-state index < -0.39 is 92.5 Å². The summed E-state index contributed by atoms with van der Waals surface area (Å²) in [6, 6.07) is 0. The second kappa shape index (κ2) is 14.6. The van der Waals surface area contributed by atoms with Crippen LogP contribution in [-0.2, 0) is 33.4 Å². The van der Waals surface area contributed by atoms with E-state index in [-0.39, 0.29) is 77.0 Å². The van der Waals surface area contributed by atoms with E-state index in [4.69, 9.17) is 38.6 Å². The van der Waals surface area contributed by atoms with E-state index >= 15 is 8.78 Å². The number of alkyl halides is 2. The molecule has 16 atom stereocenters. The van der Waals surface area contributed by atoms with Gasteiger partial charge in [0.05, 0.1) is 12.7 Å². The normalized spacial score (nSPS) is 49.4. The Labute approximate surface area is 377 Å². The fourth-order valence-electron chi connectivity index (χ4n) is 15.5. The first-order chi connectivity index (χ1) is 29.3. The maximum Gasteiger partial charge on any atom is 0.306 e. The molecule has 1 heterocycles. The summed E-state index contributed by atoms with van der Waals surface area (Å²) in [7, 11) is 0. The minimum absolute atomic E-state index is 0.00690. The van der Waals surface area contributed by atoms with Gasteiger partial charge in [-0.25, -0.2) is 8.78 Å². The summed E-state index contributed by atoms with van der Waals surface area (Å²) in [5.41, 5.74) is -10.7. The third-order valence-corrected chi connectivity index (χ3v) is 19.1. The molecular formula is C48H60F2O11S2. The van der Waals surface area contributed by atoms with E-state index in [1.165, 1.54) is 24.6 Å². The molecule has 11 nitrogen and oxygen atoms in total. The smallest absolute Gasteiger partial charge is 0.306 e.